The van der Waals surface area contributed by atoms with Crippen LogP contribution in [0, 0.1) is 0 Å². The minimum Gasteiger partial charge on any atom is -0.378 e. The molecule has 98 valence electrons. The topological polar surface area (TPSA) is 80.3 Å². The van der Waals surface area contributed by atoms with Crippen LogP contribution >= 0.6 is 11.3 Å². The Morgan fingerprint density at radius 2 is 2.50 bits per heavy atom. The molecule has 7 heteroatoms. The van der Waals surface area contributed by atoms with Crippen LogP contribution in [0.4, 0.5) is 5.13 Å². The maximum Gasteiger partial charge on any atom is 0.227 e. The normalized spacial score (nSPS) is 19.5. The number of nitrogens with zero attached hydrogens (tertiary/aromatic N) is 1. The molecule has 1 aliphatic heterocycles. The van der Waals surface area contributed by atoms with E-state index in [9.17, 15) is 9.59 Å². The number of carbonyl (C=O) groups is 2. The summed E-state index contributed by atoms with van der Waals surface area (Å²) in [5, 5.41) is 6.35. The summed E-state index contributed by atoms with van der Waals surface area (Å²) in [7, 11) is 0. The third-order valence-electron chi connectivity index (χ3n) is 2.53. The Bertz CT molecular complexity index is 440. The lowest BCUT2D eigenvalue weighted by Crippen LogP contribution is -2.43. The first kappa shape index (κ1) is 13.1. The zero-order valence-electron chi connectivity index (χ0n) is 10.1. The number of morpholine rings is 1. The van der Waals surface area contributed by atoms with Gasteiger partial charge >= 0.3 is 0 Å². The second kappa shape index (κ2) is 6.03. The zero-order valence-corrected chi connectivity index (χ0v) is 10.9. The highest BCUT2D eigenvalue weighted by atomic mass is 32.1. The Hall–Kier alpha value is -1.31. The van der Waals surface area contributed by atoms with Gasteiger partial charge in [0.05, 0.1) is 24.3 Å². The van der Waals surface area contributed by atoms with E-state index in [0.29, 0.717) is 29.6 Å². The van der Waals surface area contributed by atoms with Crippen LogP contribution in [-0.2, 0) is 9.53 Å². The van der Waals surface area contributed by atoms with E-state index in [2.05, 4.69) is 15.6 Å². The molecule has 1 amide bonds. The number of Topliss-reactive ketones (excluding diaryl/α,β-unsaturated/α-hetero) is 1. The molecule has 0 aromatic carbocycles. The van der Waals surface area contributed by atoms with E-state index in [4.69, 9.17) is 4.74 Å². The molecule has 2 heterocycles. The number of rotatable bonds is 4. The van der Waals surface area contributed by atoms with Gasteiger partial charge in [-0.3, -0.25) is 9.59 Å². The minimum atomic E-state index is -0.123. The largest absolute Gasteiger partial charge is 0.378 e. The highest BCUT2D eigenvalue weighted by molar-refractivity contribution is 7.17. The molecule has 1 atom stereocenters. The molecular weight excluding hydrogens is 254 g/mol. The Labute approximate surface area is 109 Å². The third-order valence-corrected chi connectivity index (χ3v) is 3.54. The Morgan fingerprint density at radius 1 is 1.67 bits per heavy atom. The molecule has 0 radical (unpaired) electrons. The Kier molecular flexibility index (Phi) is 4.40. The predicted octanol–water partition coefficient (Wildman–Crippen LogP) is 0.663. The maximum absolute atomic E-state index is 11.7. The molecular formula is C11H15N3O3S. The summed E-state index contributed by atoms with van der Waals surface area (Å²) in [6, 6.07) is 0.0472. The molecule has 0 spiro atoms. The number of amides is 1. The number of ether oxygens (including phenoxy) is 1. The van der Waals surface area contributed by atoms with Gasteiger partial charge in [0.25, 0.3) is 0 Å². The molecule has 18 heavy (non-hydrogen) atoms. The van der Waals surface area contributed by atoms with Crippen molar-refractivity contribution < 1.29 is 14.3 Å². The van der Waals surface area contributed by atoms with Gasteiger partial charge in [-0.15, -0.1) is 0 Å². The number of hydrogen-bond donors (Lipinski definition) is 2. The number of nitrogens with one attached hydrogen (secondary N) is 2. The Morgan fingerprint density at radius 3 is 3.11 bits per heavy atom. The van der Waals surface area contributed by atoms with Gasteiger partial charge in [0.2, 0.25) is 5.91 Å². The van der Waals surface area contributed by atoms with Crippen LogP contribution in [-0.4, -0.2) is 42.5 Å². The summed E-state index contributed by atoms with van der Waals surface area (Å²) in [6.45, 7) is 3.47. The second-order valence-electron chi connectivity index (χ2n) is 4.06. The van der Waals surface area contributed by atoms with E-state index < -0.39 is 0 Å². The third kappa shape index (κ3) is 3.59. The van der Waals surface area contributed by atoms with Crippen LogP contribution in [0.3, 0.4) is 0 Å². The van der Waals surface area contributed by atoms with Gasteiger partial charge in [-0.2, -0.15) is 0 Å². The Balaban J connectivity index is 1.84. The first-order valence-electron chi connectivity index (χ1n) is 5.73. The monoisotopic (exact) mass is 269 g/mol. The summed E-state index contributed by atoms with van der Waals surface area (Å²) in [5.41, 5.74) is 0. The van der Waals surface area contributed by atoms with Crippen molar-refractivity contribution in [2.45, 2.75) is 19.4 Å². The lowest BCUT2D eigenvalue weighted by atomic mass is 10.2. The molecule has 0 bridgehead atoms. The fourth-order valence-electron chi connectivity index (χ4n) is 1.64. The zero-order chi connectivity index (χ0) is 13.0. The summed E-state index contributed by atoms with van der Waals surface area (Å²) in [5.74, 6) is -0.169. The molecule has 1 aromatic rings. The van der Waals surface area contributed by atoms with Crippen molar-refractivity contribution in [1.29, 1.82) is 0 Å². The molecule has 1 aromatic heterocycles. The van der Waals surface area contributed by atoms with Gasteiger partial charge in [0.15, 0.2) is 10.9 Å². The molecule has 2 rings (SSSR count). The first-order chi connectivity index (χ1) is 8.65. The van der Waals surface area contributed by atoms with E-state index in [-0.39, 0.29) is 17.7 Å². The lowest BCUT2D eigenvalue weighted by Gasteiger charge is -2.22. The van der Waals surface area contributed by atoms with E-state index in [1.807, 2.05) is 0 Å². The second-order valence-corrected chi connectivity index (χ2v) is 5.09. The number of ketones is 1. The van der Waals surface area contributed by atoms with Crippen LogP contribution in [0.5, 0.6) is 0 Å². The molecule has 1 fully saturated rings. The van der Waals surface area contributed by atoms with Crippen molar-refractivity contribution in [2.75, 3.05) is 25.1 Å². The standard InChI is InChI=1S/C11H15N3O3S/c1-7(15)9-5-13-11(18-9)14-10(16)4-8-6-17-3-2-12-8/h5,8,12H,2-4,6H2,1H3,(H,13,14,16). The lowest BCUT2D eigenvalue weighted by molar-refractivity contribution is -0.117. The van der Waals surface area contributed by atoms with Crippen molar-refractivity contribution in [3.8, 4) is 0 Å². The maximum atomic E-state index is 11.7. The molecule has 0 saturated carbocycles. The minimum absolute atomic E-state index is 0.0460. The molecule has 2 N–H and O–H groups in total. The van der Waals surface area contributed by atoms with Gasteiger partial charge in [-0.25, -0.2) is 4.98 Å². The average molecular weight is 269 g/mol. The van der Waals surface area contributed by atoms with E-state index in [1.165, 1.54) is 24.5 Å². The molecule has 1 aliphatic rings. The number of anilines is 1. The summed E-state index contributed by atoms with van der Waals surface area (Å²) in [4.78, 5) is 27.4. The van der Waals surface area contributed by atoms with Gasteiger partial charge in [0, 0.05) is 25.9 Å². The van der Waals surface area contributed by atoms with Crippen molar-refractivity contribution in [2.24, 2.45) is 0 Å². The van der Waals surface area contributed by atoms with E-state index in [1.54, 1.807) is 0 Å². The molecule has 1 unspecified atom stereocenters. The summed E-state index contributed by atoms with van der Waals surface area (Å²) in [6.07, 6.45) is 1.82. The molecule has 1 saturated heterocycles. The van der Waals surface area contributed by atoms with Crippen molar-refractivity contribution in [3.05, 3.63) is 11.1 Å². The van der Waals surface area contributed by atoms with Gasteiger partial charge in [-0.05, 0) is 0 Å². The highest BCUT2D eigenvalue weighted by Gasteiger charge is 2.17. The van der Waals surface area contributed by atoms with Crippen LogP contribution in [0.2, 0.25) is 0 Å². The van der Waals surface area contributed by atoms with Gasteiger partial charge in [0.1, 0.15) is 0 Å². The summed E-state index contributed by atoms with van der Waals surface area (Å²) >= 11 is 1.19. The number of hydrogen-bond acceptors (Lipinski definition) is 6. The van der Waals surface area contributed by atoms with E-state index >= 15 is 0 Å². The van der Waals surface area contributed by atoms with Crippen LogP contribution in [0.25, 0.3) is 0 Å². The average Bonchev–Trinajstić information content (AvgIpc) is 2.78. The first-order valence-corrected chi connectivity index (χ1v) is 6.54. The van der Waals surface area contributed by atoms with Gasteiger partial charge in [-0.1, -0.05) is 11.3 Å². The SMILES string of the molecule is CC(=O)c1cnc(NC(=O)CC2COCCN2)s1. The van der Waals surface area contributed by atoms with Gasteiger partial charge < -0.3 is 15.4 Å². The summed E-state index contributed by atoms with van der Waals surface area (Å²) < 4.78 is 5.27. The predicted molar refractivity (Wildman–Crippen MR) is 68.0 cm³/mol. The fourth-order valence-corrected chi connectivity index (χ4v) is 2.37. The number of aromatic nitrogens is 1. The molecule has 6 nitrogen and oxygen atoms in total. The quantitative estimate of drug-likeness (QED) is 0.785. The van der Waals surface area contributed by atoms with Crippen molar-refractivity contribution in [3.63, 3.8) is 0 Å². The van der Waals surface area contributed by atoms with Crippen molar-refractivity contribution >= 4 is 28.2 Å². The van der Waals surface area contributed by atoms with Crippen molar-refractivity contribution in [1.82, 2.24) is 10.3 Å². The van der Waals surface area contributed by atoms with Crippen LogP contribution < -0.4 is 10.6 Å². The fraction of sp³-hybridized carbons (Fsp3) is 0.545. The van der Waals surface area contributed by atoms with Crippen LogP contribution in [0.1, 0.15) is 23.0 Å². The molecule has 0 aliphatic carbocycles. The number of thiazole rings is 1. The van der Waals surface area contributed by atoms with Crippen LogP contribution in [0.15, 0.2) is 6.20 Å². The number of carbonyl (C=O) groups excluding carboxylic acids is 2. The highest BCUT2D eigenvalue weighted by Crippen LogP contribution is 2.18. The van der Waals surface area contributed by atoms with E-state index in [0.717, 1.165) is 6.54 Å². The smallest absolute Gasteiger partial charge is 0.227 e.